The Morgan fingerprint density at radius 2 is 2.05 bits per heavy atom. The highest BCUT2D eigenvalue weighted by molar-refractivity contribution is 14.0. The summed E-state index contributed by atoms with van der Waals surface area (Å²) in [6.07, 6.45) is 2.37. The highest BCUT2D eigenvalue weighted by Gasteiger charge is 2.21. The zero-order valence-corrected chi connectivity index (χ0v) is 15.5. The van der Waals surface area contributed by atoms with E-state index in [9.17, 15) is 4.39 Å². The summed E-state index contributed by atoms with van der Waals surface area (Å²) < 4.78 is 19.3. The van der Waals surface area contributed by atoms with Gasteiger partial charge in [0.05, 0.1) is 6.10 Å². The molecule has 1 aromatic carbocycles. The van der Waals surface area contributed by atoms with Crippen molar-refractivity contribution in [1.29, 1.82) is 0 Å². The third kappa shape index (κ3) is 5.39. The van der Waals surface area contributed by atoms with Gasteiger partial charge in [0.2, 0.25) is 0 Å². The number of rotatable bonds is 4. The average molecular weight is 421 g/mol. The lowest BCUT2D eigenvalue weighted by molar-refractivity contribution is 0.0263. The summed E-state index contributed by atoms with van der Waals surface area (Å²) in [5, 5.41) is 3.24. The van der Waals surface area contributed by atoms with E-state index >= 15 is 0 Å². The number of hydrogen-bond donors (Lipinski definition) is 1. The molecular weight excluding hydrogens is 396 g/mol. The van der Waals surface area contributed by atoms with E-state index in [1.807, 2.05) is 13.0 Å². The highest BCUT2D eigenvalue weighted by Crippen LogP contribution is 2.14. The molecular formula is C16H25FIN3O. The van der Waals surface area contributed by atoms with E-state index in [4.69, 9.17) is 4.74 Å². The third-order valence-electron chi connectivity index (χ3n) is 3.75. The van der Waals surface area contributed by atoms with Crippen molar-refractivity contribution in [3.8, 4) is 0 Å². The van der Waals surface area contributed by atoms with Crippen molar-refractivity contribution in [3.05, 3.63) is 35.6 Å². The average Bonchev–Trinajstić information content (AvgIpc) is 2.51. The lowest BCUT2D eigenvalue weighted by atomic mass is 10.1. The van der Waals surface area contributed by atoms with Crippen LogP contribution in [0.4, 0.5) is 4.39 Å². The van der Waals surface area contributed by atoms with Crippen LogP contribution in [0.3, 0.4) is 0 Å². The molecule has 124 valence electrons. The smallest absolute Gasteiger partial charge is 0.193 e. The molecule has 0 saturated carbocycles. The summed E-state index contributed by atoms with van der Waals surface area (Å²) in [6.45, 7) is 5.08. The molecule has 0 aliphatic carbocycles. The van der Waals surface area contributed by atoms with Crippen LogP contribution in [0.15, 0.2) is 29.3 Å². The Balaban J connectivity index is 0.00000242. The number of nitrogens with one attached hydrogen (secondary N) is 1. The summed E-state index contributed by atoms with van der Waals surface area (Å²) in [5.41, 5.74) is 0.655. The van der Waals surface area contributed by atoms with Gasteiger partial charge in [0.15, 0.2) is 5.96 Å². The Hall–Kier alpha value is -0.890. The molecule has 1 N–H and O–H groups in total. The van der Waals surface area contributed by atoms with E-state index in [-0.39, 0.29) is 29.8 Å². The highest BCUT2D eigenvalue weighted by atomic mass is 127. The van der Waals surface area contributed by atoms with Crippen LogP contribution in [0.1, 0.15) is 25.3 Å². The molecule has 1 fully saturated rings. The first-order valence-electron chi connectivity index (χ1n) is 7.55. The van der Waals surface area contributed by atoms with Gasteiger partial charge in [-0.2, -0.15) is 0 Å². The second-order valence-corrected chi connectivity index (χ2v) is 5.13. The molecule has 1 heterocycles. The second kappa shape index (κ2) is 9.99. The van der Waals surface area contributed by atoms with Gasteiger partial charge in [-0.3, -0.25) is 4.99 Å². The number of aliphatic imine (C=N–C) groups is 1. The van der Waals surface area contributed by atoms with E-state index in [0.717, 1.165) is 38.5 Å². The first kappa shape index (κ1) is 19.2. The largest absolute Gasteiger partial charge is 0.378 e. The number of nitrogens with zero attached hydrogens (tertiary/aromatic N) is 2. The topological polar surface area (TPSA) is 36.9 Å². The maximum Gasteiger partial charge on any atom is 0.193 e. The van der Waals surface area contributed by atoms with Gasteiger partial charge in [0.1, 0.15) is 5.82 Å². The number of hydrogen-bond acceptors (Lipinski definition) is 2. The fraction of sp³-hybridized carbons (Fsp3) is 0.562. The third-order valence-corrected chi connectivity index (χ3v) is 3.75. The van der Waals surface area contributed by atoms with Gasteiger partial charge in [-0.1, -0.05) is 18.2 Å². The molecule has 0 unspecified atom stereocenters. The normalized spacial score (nSPS) is 16.3. The summed E-state index contributed by atoms with van der Waals surface area (Å²) >= 11 is 0. The SMILES string of the molecule is CCOC1CCN(C(=NC)NCc2ccccc2F)CC1.I. The van der Waals surface area contributed by atoms with Crippen molar-refractivity contribution in [3.63, 3.8) is 0 Å². The van der Waals surface area contributed by atoms with Crippen molar-refractivity contribution >= 4 is 29.9 Å². The Labute approximate surface area is 149 Å². The standard InChI is InChI=1S/C16H24FN3O.HI/c1-3-21-14-8-10-20(11-9-14)16(18-2)19-12-13-6-4-5-7-15(13)17;/h4-7,14H,3,8-12H2,1-2H3,(H,18,19);1H. The maximum absolute atomic E-state index is 13.6. The fourth-order valence-electron chi connectivity index (χ4n) is 2.62. The number of guanidine groups is 1. The van der Waals surface area contributed by atoms with Crippen LogP contribution < -0.4 is 5.32 Å². The summed E-state index contributed by atoms with van der Waals surface area (Å²) in [5.74, 6) is 0.642. The van der Waals surface area contributed by atoms with E-state index in [2.05, 4.69) is 15.2 Å². The minimum atomic E-state index is -0.185. The molecule has 0 aromatic heterocycles. The predicted octanol–water partition coefficient (Wildman–Crippen LogP) is 3.02. The molecule has 1 aliphatic heterocycles. The first-order valence-corrected chi connectivity index (χ1v) is 7.55. The zero-order valence-electron chi connectivity index (χ0n) is 13.2. The maximum atomic E-state index is 13.6. The number of halogens is 2. The monoisotopic (exact) mass is 421 g/mol. The Bertz CT molecular complexity index is 476. The van der Waals surface area contributed by atoms with Crippen LogP contribution in [0.25, 0.3) is 0 Å². The molecule has 1 aliphatic rings. The Kier molecular flexibility index (Phi) is 8.70. The van der Waals surface area contributed by atoms with Crippen LogP contribution in [0.5, 0.6) is 0 Å². The quantitative estimate of drug-likeness (QED) is 0.462. The first-order chi connectivity index (χ1) is 10.2. The van der Waals surface area contributed by atoms with Crippen molar-refractivity contribution in [2.24, 2.45) is 4.99 Å². The van der Waals surface area contributed by atoms with Crippen LogP contribution in [0.2, 0.25) is 0 Å². The van der Waals surface area contributed by atoms with Gasteiger partial charge in [-0.05, 0) is 25.8 Å². The van der Waals surface area contributed by atoms with Crippen LogP contribution in [-0.4, -0.2) is 43.7 Å². The van der Waals surface area contributed by atoms with Crippen LogP contribution in [-0.2, 0) is 11.3 Å². The van der Waals surface area contributed by atoms with Gasteiger partial charge >= 0.3 is 0 Å². The van der Waals surface area contributed by atoms with Gasteiger partial charge in [-0.15, -0.1) is 24.0 Å². The molecule has 0 radical (unpaired) electrons. The molecule has 0 amide bonds. The van der Waals surface area contributed by atoms with Gasteiger partial charge in [0, 0.05) is 38.9 Å². The fourth-order valence-corrected chi connectivity index (χ4v) is 2.62. The van der Waals surface area contributed by atoms with Gasteiger partial charge in [-0.25, -0.2) is 4.39 Å². The van der Waals surface area contributed by atoms with Gasteiger partial charge < -0.3 is 15.0 Å². The van der Waals surface area contributed by atoms with Crippen LogP contribution >= 0.6 is 24.0 Å². The molecule has 6 heteroatoms. The van der Waals surface area contributed by atoms with Crippen molar-refractivity contribution in [1.82, 2.24) is 10.2 Å². The van der Waals surface area contributed by atoms with Crippen molar-refractivity contribution in [2.45, 2.75) is 32.4 Å². The molecule has 2 rings (SSSR count). The Morgan fingerprint density at radius 1 is 1.36 bits per heavy atom. The summed E-state index contributed by atoms with van der Waals surface area (Å²) in [6, 6.07) is 6.81. The van der Waals surface area contributed by atoms with E-state index in [0.29, 0.717) is 18.2 Å². The predicted molar refractivity (Wildman–Crippen MR) is 98.2 cm³/mol. The molecule has 0 spiro atoms. The Morgan fingerprint density at radius 3 is 2.64 bits per heavy atom. The molecule has 1 aromatic rings. The molecule has 0 bridgehead atoms. The van der Waals surface area contributed by atoms with Gasteiger partial charge in [0.25, 0.3) is 0 Å². The van der Waals surface area contributed by atoms with Crippen molar-refractivity contribution in [2.75, 3.05) is 26.7 Å². The summed E-state index contributed by atoms with van der Waals surface area (Å²) in [7, 11) is 1.76. The second-order valence-electron chi connectivity index (χ2n) is 5.13. The van der Waals surface area contributed by atoms with Crippen LogP contribution in [0, 0.1) is 5.82 Å². The molecule has 22 heavy (non-hydrogen) atoms. The lowest BCUT2D eigenvalue weighted by Gasteiger charge is -2.34. The molecule has 1 saturated heterocycles. The van der Waals surface area contributed by atoms with E-state index in [1.165, 1.54) is 6.07 Å². The molecule has 0 atom stereocenters. The summed E-state index contributed by atoms with van der Waals surface area (Å²) in [4.78, 5) is 6.50. The number of likely N-dealkylation sites (tertiary alicyclic amines) is 1. The zero-order chi connectivity index (χ0) is 15.1. The van der Waals surface area contributed by atoms with E-state index in [1.54, 1.807) is 19.2 Å². The minimum absolute atomic E-state index is 0. The number of piperidine rings is 1. The molecule has 4 nitrogen and oxygen atoms in total. The van der Waals surface area contributed by atoms with Crippen molar-refractivity contribution < 1.29 is 9.13 Å². The minimum Gasteiger partial charge on any atom is -0.378 e. The van der Waals surface area contributed by atoms with E-state index < -0.39 is 0 Å². The number of benzene rings is 1. The number of ether oxygens (including phenoxy) is 1. The lowest BCUT2D eigenvalue weighted by Crippen LogP contribution is -2.46.